The van der Waals surface area contributed by atoms with Gasteiger partial charge < -0.3 is 9.88 Å². The maximum atomic E-state index is 12.5. The number of aromatic nitrogens is 2. The fraction of sp³-hybridized carbons (Fsp3) is 0.706. The lowest BCUT2D eigenvalue weighted by Gasteiger charge is -2.22. The first-order valence-corrected chi connectivity index (χ1v) is 10.8. The van der Waals surface area contributed by atoms with Crippen molar-refractivity contribution in [2.24, 2.45) is 5.92 Å². The van der Waals surface area contributed by atoms with Crippen molar-refractivity contribution in [1.29, 1.82) is 0 Å². The molecule has 3 heterocycles. The van der Waals surface area contributed by atoms with Crippen LogP contribution in [0.25, 0.3) is 0 Å². The van der Waals surface area contributed by atoms with E-state index in [9.17, 15) is 18.0 Å². The molecule has 2 unspecified atom stereocenters. The predicted octanol–water partition coefficient (Wildman–Crippen LogP) is 0.324. The largest absolute Gasteiger partial charge is 0.349 e. The standard InChI is InChI=1S/C17H26N4O4S/c1-11(2)12(3)18-14(22)13-9-20-7-5-17(16(20)19-15(13)23)6-8-21(10-17)26(4,24)25/h9,11-12H,5-8,10H2,1-4H3,(H,18,22). The van der Waals surface area contributed by atoms with Crippen LogP contribution in [-0.2, 0) is 22.0 Å². The lowest BCUT2D eigenvalue weighted by molar-refractivity contribution is 0.0928. The molecule has 0 aromatic carbocycles. The molecule has 8 nitrogen and oxygen atoms in total. The lowest BCUT2D eigenvalue weighted by atomic mass is 9.85. The summed E-state index contributed by atoms with van der Waals surface area (Å²) in [6.07, 6.45) is 4.14. The number of nitrogens with zero attached hydrogens (tertiary/aromatic N) is 3. The Morgan fingerprint density at radius 1 is 1.27 bits per heavy atom. The number of sulfonamides is 1. The molecule has 1 amide bonds. The molecule has 1 spiro atoms. The number of aryl methyl sites for hydroxylation is 1. The van der Waals surface area contributed by atoms with Crippen molar-refractivity contribution in [3.63, 3.8) is 0 Å². The molecule has 1 aromatic heterocycles. The molecule has 0 saturated carbocycles. The molecule has 3 rings (SSSR count). The van der Waals surface area contributed by atoms with Crippen molar-refractivity contribution in [3.8, 4) is 0 Å². The van der Waals surface area contributed by atoms with Gasteiger partial charge in [0, 0.05) is 37.3 Å². The van der Waals surface area contributed by atoms with Gasteiger partial charge in [-0.25, -0.2) is 12.7 Å². The van der Waals surface area contributed by atoms with E-state index in [1.54, 1.807) is 6.20 Å². The Hall–Kier alpha value is -1.74. The Morgan fingerprint density at radius 3 is 2.50 bits per heavy atom. The van der Waals surface area contributed by atoms with Gasteiger partial charge in [-0.05, 0) is 25.7 Å². The Balaban J connectivity index is 1.90. The van der Waals surface area contributed by atoms with Crippen LogP contribution in [0.3, 0.4) is 0 Å². The zero-order valence-corrected chi connectivity index (χ0v) is 16.5. The highest BCUT2D eigenvalue weighted by Gasteiger charge is 2.48. The molecule has 2 aliphatic heterocycles. The summed E-state index contributed by atoms with van der Waals surface area (Å²) in [5.74, 6) is 0.444. The Kier molecular flexibility index (Phi) is 4.72. The van der Waals surface area contributed by atoms with E-state index in [0.717, 1.165) is 6.42 Å². The first-order valence-electron chi connectivity index (χ1n) is 8.91. The molecule has 0 aliphatic carbocycles. The zero-order chi connectivity index (χ0) is 19.3. The van der Waals surface area contributed by atoms with Crippen LogP contribution in [0.4, 0.5) is 0 Å². The second-order valence-corrected chi connectivity index (χ2v) is 9.84. The lowest BCUT2D eigenvalue weighted by Crippen LogP contribution is -2.40. The van der Waals surface area contributed by atoms with E-state index in [0.29, 0.717) is 31.9 Å². The van der Waals surface area contributed by atoms with Gasteiger partial charge in [0.05, 0.1) is 6.26 Å². The molecular formula is C17H26N4O4S. The molecule has 9 heteroatoms. The van der Waals surface area contributed by atoms with Crippen molar-refractivity contribution >= 4 is 15.9 Å². The van der Waals surface area contributed by atoms with E-state index in [1.807, 2.05) is 25.3 Å². The van der Waals surface area contributed by atoms with Crippen molar-refractivity contribution in [1.82, 2.24) is 19.2 Å². The number of carbonyl (C=O) groups excluding carboxylic acids is 1. The van der Waals surface area contributed by atoms with Gasteiger partial charge in [0.2, 0.25) is 10.0 Å². The smallest absolute Gasteiger partial charge is 0.285 e. The van der Waals surface area contributed by atoms with Gasteiger partial charge in [-0.3, -0.25) is 9.59 Å². The summed E-state index contributed by atoms with van der Waals surface area (Å²) in [6.45, 7) is 7.29. The maximum absolute atomic E-state index is 12.5. The average Bonchev–Trinajstić information content (AvgIpc) is 3.12. The summed E-state index contributed by atoms with van der Waals surface area (Å²) in [5, 5.41) is 2.84. The highest BCUT2D eigenvalue weighted by atomic mass is 32.2. The third kappa shape index (κ3) is 3.29. The second-order valence-electron chi connectivity index (χ2n) is 7.86. The summed E-state index contributed by atoms with van der Waals surface area (Å²) in [6, 6.07) is -0.0513. The topological polar surface area (TPSA) is 101 Å². The number of carbonyl (C=O) groups is 1. The first kappa shape index (κ1) is 19.0. The van der Waals surface area contributed by atoms with Crippen LogP contribution >= 0.6 is 0 Å². The SMILES string of the molecule is CC(C)C(C)NC(=O)c1cn2c(nc1=O)C1(CCN(S(C)(=O)=O)C1)CC2. The summed E-state index contributed by atoms with van der Waals surface area (Å²) in [7, 11) is -3.27. The van der Waals surface area contributed by atoms with E-state index in [4.69, 9.17) is 0 Å². The van der Waals surface area contributed by atoms with Crippen LogP contribution in [-0.4, -0.2) is 53.6 Å². The van der Waals surface area contributed by atoms with Crippen LogP contribution in [0.15, 0.2) is 11.0 Å². The third-order valence-corrected chi connectivity index (χ3v) is 6.94. The summed E-state index contributed by atoms with van der Waals surface area (Å²) < 4.78 is 27.0. The Labute approximate surface area is 153 Å². The molecule has 2 aliphatic rings. The van der Waals surface area contributed by atoms with Gasteiger partial charge in [0.25, 0.3) is 11.5 Å². The molecule has 144 valence electrons. The van der Waals surface area contributed by atoms with Crippen LogP contribution in [0.1, 0.15) is 49.8 Å². The number of fused-ring (bicyclic) bond motifs is 2. The van der Waals surface area contributed by atoms with E-state index in [1.165, 1.54) is 10.6 Å². The number of hydrogen-bond donors (Lipinski definition) is 1. The van der Waals surface area contributed by atoms with Crippen molar-refractivity contribution < 1.29 is 13.2 Å². The Morgan fingerprint density at radius 2 is 1.92 bits per heavy atom. The van der Waals surface area contributed by atoms with Gasteiger partial charge in [0.1, 0.15) is 11.4 Å². The molecular weight excluding hydrogens is 356 g/mol. The van der Waals surface area contributed by atoms with Gasteiger partial charge in [-0.1, -0.05) is 13.8 Å². The zero-order valence-electron chi connectivity index (χ0n) is 15.7. The molecule has 1 aromatic rings. The van der Waals surface area contributed by atoms with E-state index in [2.05, 4.69) is 10.3 Å². The third-order valence-electron chi connectivity index (χ3n) is 5.69. The highest BCUT2D eigenvalue weighted by Crippen LogP contribution is 2.41. The number of nitrogens with one attached hydrogen (secondary N) is 1. The summed E-state index contributed by atoms with van der Waals surface area (Å²) >= 11 is 0. The fourth-order valence-electron chi connectivity index (χ4n) is 3.64. The van der Waals surface area contributed by atoms with Crippen LogP contribution in [0.2, 0.25) is 0 Å². The van der Waals surface area contributed by atoms with Crippen LogP contribution in [0.5, 0.6) is 0 Å². The molecule has 0 bridgehead atoms. The summed E-state index contributed by atoms with van der Waals surface area (Å²) in [5.41, 5.74) is -0.942. The molecule has 2 atom stereocenters. The van der Waals surface area contributed by atoms with E-state index < -0.39 is 26.9 Å². The van der Waals surface area contributed by atoms with Gasteiger partial charge >= 0.3 is 0 Å². The minimum atomic E-state index is -3.27. The van der Waals surface area contributed by atoms with E-state index >= 15 is 0 Å². The Bertz CT molecular complexity index is 893. The number of hydrogen-bond acceptors (Lipinski definition) is 5. The van der Waals surface area contributed by atoms with Gasteiger partial charge in [0.15, 0.2) is 0 Å². The first-order chi connectivity index (χ1) is 12.0. The second kappa shape index (κ2) is 6.45. The van der Waals surface area contributed by atoms with Crippen molar-refractivity contribution in [2.75, 3.05) is 19.3 Å². The normalized spacial score (nSPS) is 24.2. The molecule has 26 heavy (non-hydrogen) atoms. The quantitative estimate of drug-likeness (QED) is 0.808. The summed E-state index contributed by atoms with van der Waals surface area (Å²) in [4.78, 5) is 29.1. The predicted molar refractivity (Wildman–Crippen MR) is 97.6 cm³/mol. The van der Waals surface area contributed by atoms with Crippen molar-refractivity contribution in [3.05, 3.63) is 27.9 Å². The monoisotopic (exact) mass is 382 g/mol. The minimum absolute atomic E-state index is 0.0382. The minimum Gasteiger partial charge on any atom is -0.349 e. The van der Waals surface area contributed by atoms with Crippen LogP contribution in [0, 0.1) is 5.92 Å². The molecule has 0 radical (unpaired) electrons. The van der Waals surface area contributed by atoms with E-state index in [-0.39, 0.29) is 17.5 Å². The number of rotatable bonds is 4. The average molecular weight is 382 g/mol. The molecule has 1 saturated heterocycles. The van der Waals surface area contributed by atoms with Gasteiger partial charge in [-0.2, -0.15) is 4.98 Å². The highest BCUT2D eigenvalue weighted by molar-refractivity contribution is 7.88. The fourth-order valence-corrected chi connectivity index (χ4v) is 4.55. The maximum Gasteiger partial charge on any atom is 0.285 e. The number of amides is 1. The van der Waals surface area contributed by atoms with Crippen molar-refractivity contribution in [2.45, 2.75) is 51.6 Å². The molecule has 1 N–H and O–H groups in total. The van der Waals surface area contributed by atoms with Crippen LogP contribution < -0.4 is 10.9 Å². The molecule has 1 fully saturated rings. The van der Waals surface area contributed by atoms with Gasteiger partial charge in [-0.15, -0.1) is 0 Å².